The molecule has 0 bridgehead atoms. The van der Waals surface area contributed by atoms with Gasteiger partial charge in [-0.2, -0.15) is 0 Å². The topological polar surface area (TPSA) is 61.9 Å². The van der Waals surface area contributed by atoms with E-state index >= 15 is 0 Å². The number of hydrogen-bond donors (Lipinski definition) is 1. The van der Waals surface area contributed by atoms with Crippen LogP contribution in [0.4, 0.5) is 0 Å². The van der Waals surface area contributed by atoms with Crippen molar-refractivity contribution in [3.8, 4) is 0 Å². The predicted molar refractivity (Wildman–Crippen MR) is 77.4 cm³/mol. The number of carbonyl (C=O) groups is 2. The minimum atomic E-state index is 0.0254. The van der Waals surface area contributed by atoms with Crippen LogP contribution in [0.5, 0.6) is 0 Å². The summed E-state index contributed by atoms with van der Waals surface area (Å²) in [4.78, 5) is 27.4. The van der Waals surface area contributed by atoms with Crippen LogP contribution in [0, 0.1) is 0 Å². The number of nitrogens with zero attached hydrogens (tertiary/aromatic N) is 2. The predicted octanol–water partition coefficient (Wildman–Crippen LogP) is 0.0818. The Kier molecular flexibility index (Phi) is 7.54. The van der Waals surface area contributed by atoms with Crippen molar-refractivity contribution in [3.05, 3.63) is 0 Å². The normalized spacial score (nSPS) is 17.8. The fourth-order valence-corrected chi connectivity index (χ4v) is 2.33. The first-order valence-corrected chi connectivity index (χ1v) is 7.40. The van der Waals surface area contributed by atoms with Crippen LogP contribution in [-0.2, 0) is 14.3 Å². The summed E-state index contributed by atoms with van der Waals surface area (Å²) < 4.78 is 5.17. The second-order valence-corrected chi connectivity index (χ2v) is 5.20. The third kappa shape index (κ3) is 5.09. The molecule has 1 aliphatic rings. The van der Waals surface area contributed by atoms with Crippen LogP contribution in [0.15, 0.2) is 0 Å². The first-order chi connectivity index (χ1) is 9.62. The third-order valence-electron chi connectivity index (χ3n) is 3.34. The number of ether oxygens (including phenoxy) is 1. The van der Waals surface area contributed by atoms with E-state index in [4.69, 9.17) is 4.74 Å². The van der Waals surface area contributed by atoms with Gasteiger partial charge in [0.2, 0.25) is 11.8 Å². The van der Waals surface area contributed by atoms with Gasteiger partial charge in [0, 0.05) is 26.2 Å². The number of amides is 2. The molecule has 0 aliphatic carbocycles. The van der Waals surface area contributed by atoms with Gasteiger partial charge in [-0.1, -0.05) is 13.8 Å². The second-order valence-electron chi connectivity index (χ2n) is 5.20. The van der Waals surface area contributed by atoms with Crippen LogP contribution in [-0.4, -0.2) is 74.1 Å². The van der Waals surface area contributed by atoms with Crippen LogP contribution in [0.2, 0.25) is 0 Å². The average molecular weight is 285 g/mol. The van der Waals surface area contributed by atoms with Gasteiger partial charge < -0.3 is 19.9 Å². The summed E-state index contributed by atoms with van der Waals surface area (Å²) in [5, 5.41) is 3.35. The van der Waals surface area contributed by atoms with Crippen molar-refractivity contribution in [2.24, 2.45) is 0 Å². The van der Waals surface area contributed by atoms with Crippen molar-refractivity contribution in [2.45, 2.75) is 32.7 Å². The molecule has 1 aliphatic heterocycles. The number of nitrogens with one attached hydrogen (secondary N) is 1. The van der Waals surface area contributed by atoms with Crippen molar-refractivity contribution < 1.29 is 14.3 Å². The SMILES string of the molecule is CCCNC(COC)CN1CC(=O)N(CCC)CC1=O. The van der Waals surface area contributed by atoms with E-state index in [1.54, 1.807) is 16.9 Å². The van der Waals surface area contributed by atoms with Gasteiger partial charge in [-0.3, -0.25) is 9.59 Å². The van der Waals surface area contributed by atoms with Crippen molar-refractivity contribution in [3.63, 3.8) is 0 Å². The maximum absolute atomic E-state index is 12.1. The number of rotatable bonds is 9. The highest BCUT2D eigenvalue weighted by atomic mass is 16.5. The first kappa shape index (κ1) is 16.9. The molecule has 1 heterocycles. The standard InChI is InChI=1S/C14H27N3O3/c1-4-6-15-12(11-20-3)8-17-10-13(18)16(7-5-2)9-14(17)19/h12,15H,4-11H2,1-3H3. The van der Waals surface area contributed by atoms with Gasteiger partial charge >= 0.3 is 0 Å². The molecule has 6 nitrogen and oxygen atoms in total. The number of methoxy groups -OCH3 is 1. The van der Waals surface area contributed by atoms with E-state index < -0.39 is 0 Å². The summed E-state index contributed by atoms with van der Waals surface area (Å²) >= 11 is 0. The lowest BCUT2D eigenvalue weighted by Crippen LogP contribution is -2.57. The lowest BCUT2D eigenvalue weighted by molar-refractivity contribution is -0.150. The van der Waals surface area contributed by atoms with E-state index in [0.29, 0.717) is 19.7 Å². The van der Waals surface area contributed by atoms with Gasteiger partial charge in [-0.25, -0.2) is 0 Å². The average Bonchev–Trinajstić information content (AvgIpc) is 2.42. The Morgan fingerprint density at radius 3 is 2.40 bits per heavy atom. The lowest BCUT2D eigenvalue weighted by atomic mass is 10.2. The van der Waals surface area contributed by atoms with E-state index in [-0.39, 0.29) is 30.9 Å². The summed E-state index contributed by atoms with van der Waals surface area (Å²) in [5.74, 6) is 0.0653. The van der Waals surface area contributed by atoms with Gasteiger partial charge in [0.15, 0.2) is 0 Å². The van der Waals surface area contributed by atoms with Crippen molar-refractivity contribution in [2.75, 3.05) is 46.4 Å². The second kappa shape index (κ2) is 8.92. The Labute approximate surface area is 121 Å². The molecule has 116 valence electrons. The highest BCUT2D eigenvalue weighted by Crippen LogP contribution is 2.07. The maximum Gasteiger partial charge on any atom is 0.242 e. The highest BCUT2D eigenvalue weighted by molar-refractivity contribution is 5.92. The van der Waals surface area contributed by atoms with Crippen LogP contribution < -0.4 is 5.32 Å². The summed E-state index contributed by atoms with van der Waals surface area (Å²) in [7, 11) is 1.65. The molecule has 0 aromatic carbocycles. The zero-order valence-electron chi connectivity index (χ0n) is 12.9. The molecule has 1 saturated heterocycles. The molecule has 20 heavy (non-hydrogen) atoms. The minimum absolute atomic E-state index is 0.0254. The number of carbonyl (C=O) groups excluding carboxylic acids is 2. The van der Waals surface area contributed by atoms with Gasteiger partial charge in [-0.05, 0) is 19.4 Å². The minimum Gasteiger partial charge on any atom is -0.383 e. The summed E-state index contributed by atoms with van der Waals surface area (Å²) in [5.41, 5.74) is 0. The first-order valence-electron chi connectivity index (χ1n) is 7.40. The molecule has 1 N–H and O–H groups in total. The smallest absolute Gasteiger partial charge is 0.242 e. The van der Waals surface area contributed by atoms with Crippen molar-refractivity contribution in [1.29, 1.82) is 0 Å². The van der Waals surface area contributed by atoms with Gasteiger partial charge in [0.05, 0.1) is 19.7 Å². The fraction of sp³-hybridized carbons (Fsp3) is 0.857. The molecule has 0 aromatic rings. The van der Waals surface area contributed by atoms with Crippen LogP contribution in [0.1, 0.15) is 26.7 Å². The monoisotopic (exact) mass is 285 g/mol. The number of hydrogen-bond acceptors (Lipinski definition) is 4. The molecule has 1 fully saturated rings. The molecule has 0 radical (unpaired) electrons. The Morgan fingerprint density at radius 1 is 1.15 bits per heavy atom. The Balaban J connectivity index is 2.53. The maximum atomic E-state index is 12.1. The van der Waals surface area contributed by atoms with Gasteiger partial charge in [0.25, 0.3) is 0 Å². The molecule has 6 heteroatoms. The van der Waals surface area contributed by atoms with Gasteiger partial charge in [-0.15, -0.1) is 0 Å². The van der Waals surface area contributed by atoms with Crippen LogP contribution >= 0.6 is 0 Å². The lowest BCUT2D eigenvalue weighted by Gasteiger charge is -2.35. The molecule has 0 aromatic heterocycles. The van der Waals surface area contributed by atoms with E-state index in [0.717, 1.165) is 19.4 Å². The van der Waals surface area contributed by atoms with E-state index in [9.17, 15) is 9.59 Å². The van der Waals surface area contributed by atoms with Crippen molar-refractivity contribution >= 4 is 11.8 Å². The summed E-state index contributed by atoms with van der Waals surface area (Å²) in [6, 6.07) is 0.0782. The molecular weight excluding hydrogens is 258 g/mol. The summed E-state index contributed by atoms with van der Waals surface area (Å²) in [6.07, 6.45) is 1.90. The summed E-state index contributed by atoms with van der Waals surface area (Å²) in [6.45, 7) is 7.10. The molecule has 0 saturated carbocycles. The molecule has 1 rings (SSSR count). The molecule has 1 atom stereocenters. The van der Waals surface area contributed by atoms with E-state index in [2.05, 4.69) is 12.2 Å². The fourth-order valence-electron chi connectivity index (χ4n) is 2.33. The quantitative estimate of drug-likeness (QED) is 0.652. The van der Waals surface area contributed by atoms with E-state index in [1.165, 1.54) is 0 Å². The van der Waals surface area contributed by atoms with Crippen LogP contribution in [0.3, 0.4) is 0 Å². The Morgan fingerprint density at radius 2 is 1.80 bits per heavy atom. The van der Waals surface area contributed by atoms with E-state index in [1.807, 2.05) is 6.92 Å². The Bertz CT molecular complexity index is 323. The van der Waals surface area contributed by atoms with Crippen molar-refractivity contribution in [1.82, 2.24) is 15.1 Å². The number of piperazine rings is 1. The Hall–Kier alpha value is -1.14. The molecule has 0 spiro atoms. The highest BCUT2D eigenvalue weighted by Gasteiger charge is 2.30. The van der Waals surface area contributed by atoms with Crippen LogP contribution in [0.25, 0.3) is 0 Å². The van der Waals surface area contributed by atoms with Gasteiger partial charge in [0.1, 0.15) is 0 Å². The molecule has 1 unspecified atom stereocenters. The largest absolute Gasteiger partial charge is 0.383 e. The molecular formula is C14H27N3O3. The zero-order valence-corrected chi connectivity index (χ0v) is 12.9. The third-order valence-corrected chi connectivity index (χ3v) is 3.34. The zero-order chi connectivity index (χ0) is 15.0. The molecule has 2 amide bonds.